The van der Waals surface area contributed by atoms with Gasteiger partial charge in [-0.1, -0.05) is 18.2 Å². The number of carbonyl (C=O) groups excluding carboxylic acids is 1. The average molecular weight is 269 g/mol. The highest BCUT2D eigenvalue weighted by Gasteiger charge is 2.24. The minimum Gasteiger partial charge on any atom is -0.312 e. The van der Waals surface area contributed by atoms with Gasteiger partial charge in [0.05, 0.1) is 5.69 Å². The lowest BCUT2D eigenvalue weighted by Gasteiger charge is -2.17. The van der Waals surface area contributed by atoms with Crippen molar-refractivity contribution >= 4 is 11.6 Å². The smallest absolute Gasteiger partial charge is 0.227 e. The second-order valence-corrected chi connectivity index (χ2v) is 5.34. The summed E-state index contributed by atoms with van der Waals surface area (Å²) in [6.45, 7) is 4.79. The van der Waals surface area contributed by atoms with Gasteiger partial charge >= 0.3 is 0 Å². The number of aryl methyl sites for hydroxylation is 2. The summed E-state index contributed by atoms with van der Waals surface area (Å²) in [5.74, 6) is 0.204. The Labute approximate surface area is 118 Å². The molecular weight excluding hydrogens is 250 g/mol. The standard InChI is InChI=1S/C16H19N3O/c1-11-14(12(2)18-17-11)7-8-16(20)19-10-9-13-5-3-4-6-15(13)19/h3-6H,7-10H2,1-2H3,(H,17,18). The molecular formula is C16H19N3O. The minimum absolute atomic E-state index is 0.204. The number of benzene rings is 1. The first-order valence-corrected chi connectivity index (χ1v) is 7.05. The molecule has 20 heavy (non-hydrogen) atoms. The van der Waals surface area contributed by atoms with E-state index in [0.29, 0.717) is 6.42 Å². The maximum Gasteiger partial charge on any atom is 0.227 e. The number of H-pyrrole nitrogens is 1. The molecule has 2 heterocycles. The molecule has 0 fully saturated rings. The van der Waals surface area contributed by atoms with Crippen LogP contribution in [-0.4, -0.2) is 22.6 Å². The van der Waals surface area contributed by atoms with Gasteiger partial charge in [0.15, 0.2) is 0 Å². The number of rotatable bonds is 3. The van der Waals surface area contributed by atoms with E-state index in [9.17, 15) is 4.79 Å². The third-order valence-corrected chi connectivity index (χ3v) is 4.06. The summed E-state index contributed by atoms with van der Waals surface area (Å²) < 4.78 is 0. The second kappa shape index (κ2) is 5.12. The molecule has 4 nitrogen and oxygen atoms in total. The molecule has 2 aromatic rings. The Morgan fingerprint density at radius 3 is 2.90 bits per heavy atom. The van der Waals surface area contributed by atoms with E-state index in [1.165, 1.54) is 11.1 Å². The third kappa shape index (κ3) is 2.22. The highest BCUT2D eigenvalue weighted by atomic mass is 16.2. The van der Waals surface area contributed by atoms with Crippen molar-refractivity contribution in [1.82, 2.24) is 10.2 Å². The molecule has 0 atom stereocenters. The molecule has 1 aliphatic rings. The van der Waals surface area contributed by atoms with Crippen molar-refractivity contribution in [2.75, 3.05) is 11.4 Å². The van der Waals surface area contributed by atoms with E-state index in [1.54, 1.807) is 0 Å². The van der Waals surface area contributed by atoms with Crippen LogP contribution in [0.1, 0.15) is 28.9 Å². The average Bonchev–Trinajstić information content (AvgIpc) is 3.01. The first kappa shape index (κ1) is 12.9. The van der Waals surface area contributed by atoms with E-state index in [0.717, 1.165) is 36.5 Å². The van der Waals surface area contributed by atoms with Crippen molar-refractivity contribution in [1.29, 1.82) is 0 Å². The number of carbonyl (C=O) groups is 1. The van der Waals surface area contributed by atoms with Gasteiger partial charge < -0.3 is 4.90 Å². The largest absolute Gasteiger partial charge is 0.312 e. The van der Waals surface area contributed by atoms with Crippen LogP contribution in [0.3, 0.4) is 0 Å². The highest BCUT2D eigenvalue weighted by molar-refractivity contribution is 5.95. The molecule has 4 heteroatoms. The van der Waals surface area contributed by atoms with Crippen LogP contribution in [0.15, 0.2) is 24.3 Å². The summed E-state index contributed by atoms with van der Waals surface area (Å²) >= 11 is 0. The highest BCUT2D eigenvalue weighted by Crippen LogP contribution is 2.28. The second-order valence-electron chi connectivity index (χ2n) is 5.34. The number of amides is 1. The lowest BCUT2D eigenvalue weighted by atomic mass is 10.1. The Hall–Kier alpha value is -2.10. The van der Waals surface area contributed by atoms with Gasteiger partial charge in [0, 0.05) is 24.3 Å². The summed E-state index contributed by atoms with van der Waals surface area (Å²) in [7, 11) is 0. The SMILES string of the molecule is Cc1n[nH]c(C)c1CCC(=O)N1CCc2ccccc21. The number of aromatic nitrogens is 2. The van der Waals surface area contributed by atoms with Crippen LogP contribution >= 0.6 is 0 Å². The fourth-order valence-electron chi connectivity index (χ4n) is 2.91. The molecule has 0 saturated carbocycles. The molecule has 0 bridgehead atoms. The van der Waals surface area contributed by atoms with Crippen molar-refractivity contribution in [3.05, 3.63) is 46.8 Å². The van der Waals surface area contributed by atoms with Crippen LogP contribution < -0.4 is 4.90 Å². The molecule has 1 amide bonds. The van der Waals surface area contributed by atoms with Gasteiger partial charge in [-0.05, 0) is 43.9 Å². The van der Waals surface area contributed by atoms with Crippen LogP contribution in [0.2, 0.25) is 0 Å². The molecule has 104 valence electrons. The van der Waals surface area contributed by atoms with E-state index in [1.807, 2.05) is 36.9 Å². The molecule has 3 rings (SSSR count). The minimum atomic E-state index is 0.204. The van der Waals surface area contributed by atoms with Crippen LogP contribution in [0, 0.1) is 13.8 Å². The predicted octanol–water partition coefficient (Wildman–Crippen LogP) is 2.55. The zero-order valence-electron chi connectivity index (χ0n) is 11.9. The van der Waals surface area contributed by atoms with Crippen molar-refractivity contribution in [3.8, 4) is 0 Å². The molecule has 1 N–H and O–H groups in total. The summed E-state index contributed by atoms with van der Waals surface area (Å²) in [5, 5.41) is 7.15. The summed E-state index contributed by atoms with van der Waals surface area (Å²) in [4.78, 5) is 14.3. The molecule has 0 unspecified atom stereocenters. The number of nitrogens with zero attached hydrogens (tertiary/aromatic N) is 2. The molecule has 0 aliphatic carbocycles. The summed E-state index contributed by atoms with van der Waals surface area (Å²) in [6.07, 6.45) is 2.26. The number of para-hydroxylation sites is 1. The Morgan fingerprint density at radius 1 is 1.35 bits per heavy atom. The van der Waals surface area contributed by atoms with Crippen molar-refractivity contribution in [2.24, 2.45) is 0 Å². The number of fused-ring (bicyclic) bond motifs is 1. The maximum atomic E-state index is 12.4. The molecule has 1 aromatic carbocycles. The topological polar surface area (TPSA) is 49.0 Å². The van der Waals surface area contributed by atoms with Gasteiger partial charge in [-0.15, -0.1) is 0 Å². The van der Waals surface area contributed by atoms with Gasteiger partial charge in [-0.2, -0.15) is 5.10 Å². The molecule has 0 spiro atoms. The first-order valence-electron chi connectivity index (χ1n) is 7.05. The summed E-state index contributed by atoms with van der Waals surface area (Å²) in [5.41, 5.74) is 5.59. The van der Waals surface area contributed by atoms with Gasteiger partial charge in [0.25, 0.3) is 0 Å². The quantitative estimate of drug-likeness (QED) is 0.931. The maximum absolute atomic E-state index is 12.4. The van der Waals surface area contributed by atoms with E-state index < -0.39 is 0 Å². The van der Waals surface area contributed by atoms with E-state index in [4.69, 9.17) is 0 Å². The number of hydrogen-bond acceptors (Lipinski definition) is 2. The Bertz CT molecular complexity index is 625. The van der Waals surface area contributed by atoms with Crippen molar-refractivity contribution in [3.63, 3.8) is 0 Å². The van der Waals surface area contributed by atoms with Crippen LogP contribution in [0.4, 0.5) is 5.69 Å². The number of hydrogen-bond donors (Lipinski definition) is 1. The fourth-order valence-corrected chi connectivity index (χ4v) is 2.91. The van der Waals surface area contributed by atoms with Gasteiger partial charge in [0.2, 0.25) is 5.91 Å². The number of nitrogens with one attached hydrogen (secondary N) is 1. The lowest BCUT2D eigenvalue weighted by Crippen LogP contribution is -2.29. The van der Waals surface area contributed by atoms with Crippen molar-refractivity contribution < 1.29 is 4.79 Å². The van der Waals surface area contributed by atoms with Crippen LogP contribution in [0.5, 0.6) is 0 Å². The van der Waals surface area contributed by atoms with Gasteiger partial charge in [-0.3, -0.25) is 9.89 Å². The zero-order valence-corrected chi connectivity index (χ0v) is 11.9. The van der Waals surface area contributed by atoms with Crippen LogP contribution in [-0.2, 0) is 17.6 Å². The fraction of sp³-hybridized carbons (Fsp3) is 0.375. The predicted molar refractivity (Wildman–Crippen MR) is 78.9 cm³/mol. The molecule has 1 aromatic heterocycles. The number of anilines is 1. The van der Waals surface area contributed by atoms with E-state index in [-0.39, 0.29) is 5.91 Å². The van der Waals surface area contributed by atoms with E-state index >= 15 is 0 Å². The van der Waals surface area contributed by atoms with Gasteiger partial charge in [0.1, 0.15) is 0 Å². The van der Waals surface area contributed by atoms with Gasteiger partial charge in [-0.25, -0.2) is 0 Å². The third-order valence-electron chi connectivity index (χ3n) is 4.06. The Morgan fingerprint density at radius 2 is 2.15 bits per heavy atom. The molecule has 0 radical (unpaired) electrons. The van der Waals surface area contributed by atoms with Crippen molar-refractivity contribution in [2.45, 2.75) is 33.1 Å². The zero-order chi connectivity index (χ0) is 14.1. The molecule has 1 aliphatic heterocycles. The van der Waals surface area contributed by atoms with Crippen LogP contribution in [0.25, 0.3) is 0 Å². The number of aromatic amines is 1. The normalized spacial score (nSPS) is 13.6. The summed E-state index contributed by atoms with van der Waals surface area (Å²) in [6, 6.07) is 8.17. The molecule has 0 saturated heterocycles. The first-order chi connectivity index (χ1) is 9.66. The lowest BCUT2D eigenvalue weighted by molar-refractivity contribution is -0.118. The Kier molecular flexibility index (Phi) is 3.30. The Balaban J connectivity index is 1.69. The monoisotopic (exact) mass is 269 g/mol. The van der Waals surface area contributed by atoms with E-state index in [2.05, 4.69) is 16.3 Å².